The molecular weight excluding hydrogens is 134 g/mol. The third-order valence-electron chi connectivity index (χ3n) is 1.31. The topological polar surface area (TPSA) is 75.4 Å². The lowest BCUT2D eigenvalue weighted by Gasteiger charge is -2.16. The molecule has 0 aliphatic carbocycles. The minimum atomic E-state index is -0.403. The Morgan fingerprint density at radius 1 is 1.70 bits per heavy atom. The molecular formula is C5H9N3O2. The van der Waals surface area contributed by atoms with Crippen LogP contribution in [0.1, 0.15) is 6.92 Å². The Morgan fingerprint density at radius 3 is 2.50 bits per heavy atom. The first-order valence-corrected chi connectivity index (χ1v) is 2.97. The van der Waals surface area contributed by atoms with Crippen molar-refractivity contribution in [2.24, 2.45) is 5.73 Å². The van der Waals surface area contributed by atoms with Crippen LogP contribution in [0.15, 0.2) is 0 Å². The molecule has 1 saturated heterocycles. The van der Waals surface area contributed by atoms with Gasteiger partial charge in [0.2, 0.25) is 5.91 Å². The predicted molar refractivity (Wildman–Crippen MR) is 33.9 cm³/mol. The highest BCUT2D eigenvalue weighted by Gasteiger charge is 2.28. The summed E-state index contributed by atoms with van der Waals surface area (Å²) in [5, 5.41) is 2.12. The van der Waals surface area contributed by atoms with E-state index in [4.69, 9.17) is 5.73 Å². The van der Waals surface area contributed by atoms with Crippen LogP contribution in [0.2, 0.25) is 0 Å². The molecule has 0 aromatic heterocycles. The van der Waals surface area contributed by atoms with E-state index < -0.39 is 12.2 Å². The molecule has 56 valence electrons. The van der Waals surface area contributed by atoms with Crippen LogP contribution in [0.5, 0.6) is 0 Å². The maximum Gasteiger partial charge on any atom is 0.325 e. The van der Waals surface area contributed by atoms with E-state index in [1.54, 1.807) is 6.92 Å². The Labute approximate surface area is 58.2 Å². The van der Waals surface area contributed by atoms with Crippen molar-refractivity contribution in [3.63, 3.8) is 0 Å². The number of nitrogens with one attached hydrogen (secondary N) is 1. The first-order chi connectivity index (χ1) is 4.61. The standard InChI is InChI=1S/C5H9N3O2/c1-3(6)8-2-4(9)7-5(8)10/h3H,2,6H2,1H3,(H,7,9,10). The third-order valence-corrected chi connectivity index (χ3v) is 1.31. The molecule has 0 aromatic rings. The molecule has 0 bridgehead atoms. The lowest BCUT2D eigenvalue weighted by molar-refractivity contribution is -0.118. The molecule has 0 aromatic carbocycles. The number of urea groups is 1. The Balaban J connectivity index is 2.63. The van der Waals surface area contributed by atoms with Gasteiger partial charge in [0.15, 0.2) is 0 Å². The van der Waals surface area contributed by atoms with E-state index in [0.29, 0.717) is 0 Å². The molecule has 1 fully saturated rings. The van der Waals surface area contributed by atoms with Gasteiger partial charge in [-0.3, -0.25) is 10.1 Å². The van der Waals surface area contributed by atoms with Crippen LogP contribution in [0.25, 0.3) is 0 Å². The monoisotopic (exact) mass is 143 g/mol. The number of nitrogens with zero attached hydrogens (tertiary/aromatic N) is 1. The van der Waals surface area contributed by atoms with Gasteiger partial charge in [-0.1, -0.05) is 0 Å². The van der Waals surface area contributed by atoms with Crippen LogP contribution in [-0.2, 0) is 4.79 Å². The van der Waals surface area contributed by atoms with E-state index >= 15 is 0 Å². The Hall–Kier alpha value is -1.10. The SMILES string of the molecule is CC(N)N1CC(=O)NC1=O. The quantitative estimate of drug-likeness (QED) is 0.455. The summed E-state index contributed by atoms with van der Waals surface area (Å²) in [6, 6.07) is -0.403. The van der Waals surface area contributed by atoms with Crippen LogP contribution in [0.3, 0.4) is 0 Å². The fraction of sp³-hybridized carbons (Fsp3) is 0.600. The van der Waals surface area contributed by atoms with Gasteiger partial charge in [-0.15, -0.1) is 0 Å². The van der Waals surface area contributed by atoms with Crippen LogP contribution < -0.4 is 11.1 Å². The molecule has 5 nitrogen and oxygen atoms in total. The number of rotatable bonds is 1. The minimum absolute atomic E-state index is 0.0799. The molecule has 1 atom stereocenters. The molecule has 3 amide bonds. The van der Waals surface area contributed by atoms with Crippen LogP contribution in [0.4, 0.5) is 4.79 Å². The van der Waals surface area contributed by atoms with Crippen molar-refractivity contribution in [1.82, 2.24) is 10.2 Å². The predicted octanol–water partition coefficient (Wildman–Crippen LogP) is -1.16. The van der Waals surface area contributed by atoms with E-state index in [-0.39, 0.29) is 12.5 Å². The average molecular weight is 143 g/mol. The molecule has 1 rings (SSSR count). The van der Waals surface area contributed by atoms with Crippen molar-refractivity contribution >= 4 is 11.9 Å². The number of hydrogen-bond donors (Lipinski definition) is 2. The zero-order valence-electron chi connectivity index (χ0n) is 5.63. The van der Waals surface area contributed by atoms with Crippen LogP contribution >= 0.6 is 0 Å². The highest BCUT2D eigenvalue weighted by Crippen LogP contribution is 1.99. The molecule has 0 radical (unpaired) electrons. The third kappa shape index (κ3) is 1.08. The van der Waals surface area contributed by atoms with E-state index in [2.05, 4.69) is 5.32 Å². The van der Waals surface area contributed by atoms with Gasteiger partial charge < -0.3 is 10.6 Å². The highest BCUT2D eigenvalue weighted by molar-refractivity contribution is 6.01. The van der Waals surface area contributed by atoms with Gasteiger partial charge in [0.25, 0.3) is 0 Å². The molecule has 1 aliphatic heterocycles. The number of imide groups is 1. The maximum atomic E-state index is 10.7. The summed E-state index contributed by atoms with van der Waals surface area (Å²) in [5.74, 6) is -0.290. The molecule has 3 N–H and O–H groups in total. The second-order valence-electron chi connectivity index (χ2n) is 2.22. The van der Waals surface area contributed by atoms with Gasteiger partial charge in [-0.25, -0.2) is 4.79 Å². The summed E-state index contributed by atoms with van der Waals surface area (Å²) in [6.07, 6.45) is -0.397. The molecule has 1 aliphatic rings. The van der Waals surface area contributed by atoms with Gasteiger partial charge in [0, 0.05) is 0 Å². The normalized spacial score (nSPS) is 21.2. The van der Waals surface area contributed by atoms with E-state index in [1.807, 2.05) is 0 Å². The first-order valence-electron chi connectivity index (χ1n) is 2.97. The Kier molecular flexibility index (Phi) is 1.58. The van der Waals surface area contributed by atoms with Crippen molar-refractivity contribution in [2.75, 3.05) is 6.54 Å². The van der Waals surface area contributed by atoms with Crippen molar-refractivity contribution < 1.29 is 9.59 Å². The maximum absolute atomic E-state index is 10.7. The fourth-order valence-corrected chi connectivity index (χ4v) is 0.786. The van der Waals surface area contributed by atoms with Gasteiger partial charge in [0.1, 0.15) is 6.54 Å². The second-order valence-corrected chi connectivity index (χ2v) is 2.22. The zero-order valence-corrected chi connectivity index (χ0v) is 5.63. The van der Waals surface area contributed by atoms with Gasteiger partial charge in [-0.2, -0.15) is 0 Å². The molecule has 1 unspecified atom stereocenters. The van der Waals surface area contributed by atoms with Crippen LogP contribution in [0, 0.1) is 0 Å². The molecule has 0 saturated carbocycles. The summed E-state index contributed by atoms with van der Waals surface area (Å²) >= 11 is 0. The molecule has 5 heteroatoms. The van der Waals surface area contributed by atoms with Crippen molar-refractivity contribution in [2.45, 2.75) is 13.1 Å². The highest BCUT2D eigenvalue weighted by atomic mass is 16.2. The lowest BCUT2D eigenvalue weighted by atomic mass is 10.5. The van der Waals surface area contributed by atoms with Crippen LogP contribution in [-0.4, -0.2) is 29.5 Å². The number of amides is 3. The second kappa shape index (κ2) is 2.26. The zero-order chi connectivity index (χ0) is 7.72. The van der Waals surface area contributed by atoms with Crippen molar-refractivity contribution in [3.8, 4) is 0 Å². The number of nitrogens with two attached hydrogens (primary N) is 1. The summed E-state index contributed by atoms with van der Waals surface area (Å²) in [7, 11) is 0. The van der Waals surface area contributed by atoms with Gasteiger partial charge in [0.05, 0.1) is 6.17 Å². The number of carbonyl (C=O) groups is 2. The summed E-state index contributed by atoms with van der Waals surface area (Å²) in [5.41, 5.74) is 5.36. The molecule has 10 heavy (non-hydrogen) atoms. The fourth-order valence-electron chi connectivity index (χ4n) is 0.786. The molecule has 1 heterocycles. The summed E-state index contributed by atoms with van der Waals surface area (Å²) in [4.78, 5) is 22.5. The van der Waals surface area contributed by atoms with E-state index in [9.17, 15) is 9.59 Å². The lowest BCUT2D eigenvalue weighted by Crippen LogP contribution is -2.41. The smallest absolute Gasteiger partial charge is 0.311 e. The van der Waals surface area contributed by atoms with E-state index in [0.717, 1.165) is 0 Å². The van der Waals surface area contributed by atoms with E-state index in [1.165, 1.54) is 4.90 Å². The average Bonchev–Trinajstić information content (AvgIpc) is 2.10. The summed E-state index contributed by atoms with van der Waals surface area (Å²) in [6.45, 7) is 1.73. The number of carbonyl (C=O) groups excluding carboxylic acids is 2. The Morgan fingerprint density at radius 2 is 2.30 bits per heavy atom. The van der Waals surface area contributed by atoms with Gasteiger partial charge >= 0.3 is 6.03 Å². The van der Waals surface area contributed by atoms with Gasteiger partial charge in [-0.05, 0) is 6.92 Å². The Bertz CT molecular complexity index is 178. The minimum Gasteiger partial charge on any atom is -0.311 e. The largest absolute Gasteiger partial charge is 0.325 e. The number of hydrogen-bond acceptors (Lipinski definition) is 3. The van der Waals surface area contributed by atoms with Crippen molar-refractivity contribution in [1.29, 1.82) is 0 Å². The van der Waals surface area contributed by atoms with Crippen molar-refractivity contribution in [3.05, 3.63) is 0 Å². The molecule has 0 spiro atoms. The first kappa shape index (κ1) is 7.01. The summed E-state index contributed by atoms with van der Waals surface area (Å²) < 4.78 is 0.